The highest BCUT2D eigenvalue weighted by Gasteiger charge is 2.23. The smallest absolute Gasteiger partial charge is 0.341 e. The molecule has 0 saturated carbocycles. The monoisotopic (exact) mass is 354 g/mol. The molecule has 0 saturated heterocycles. The Balaban J connectivity index is 2.56. The van der Waals surface area contributed by atoms with Gasteiger partial charge in [0.1, 0.15) is 10.6 Å². The molecule has 0 aliphatic heterocycles. The number of thiophene rings is 1. The van der Waals surface area contributed by atoms with Crippen molar-refractivity contribution in [1.29, 1.82) is 0 Å². The highest BCUT2D eigenvalue weighted by Crippen LogP contribution is 2.25. The molecule has 1 heterocycles. The summed E-state index contributed by atoms with van der Waals surface area (Å²) in [5.41, 5.74) is -0.756. The summed E-state index contributed by atoms with van der Waals surface area (Å²) in [5, 5.41) is 7.58. The number of carbonyl (C=O) groups is 3. The van der Waals surface area contributed by atoms with Crippen LogP contribution in [0.25, 0.3) is 0 Å². The molecule has 7 heteroatoms. The summed E-state index contributed by atoms with van der Waals surface area (Å²) in [7, 11) is 0. The van der Waals surface area contributed by atoms with Crippen molar-refractivity contribution in [3.05, 3.63) is 17.0 Å². The van der Waals surface area contributed by atoms with Crippen molar-refractivity contribution in [3.8, 4) is 0 Å². The zero-order valence-electron chi connectivity index (χ0n) is 15.1. The number of ether oxygens (including phenoxy) is 1. The third-order valence-corrected chi connectivity index (χ3v) is 3.69. The highest BCUT2D eigenvalue weighted by molar-refractivity contribution is 7.14. The Morgan fingerprint density at radius 1 is 1.12 bits per heavy atom. The molecule has 0 aliphatic carbocycles. The van der Waals surface area contributed by atoms with Gasteiger partial charge in [-0.3, -0.25) is 9.59 Å². The number of esters is 1. The Bertz CT molecular complexity index is 609. The molecule has 1 aromatic rings. The lowest BCUT2D eigenvalue weighted by Crippen LogP contribution is -2.36. The number of hydrogen-bond acceptors (Lipinski definition) is 5. The minimum Gasteiger partial charge on any atom is -0.456 e. The van der Waals surface area contributed by atoms with Gasteiger partial charge < -0.3 is 15.4 Å². The molecule has 0 aliphatic rings. The number of amides is 2. The molecule has 24 heavy (non-hydrogen) atoms. The molecule has 6 nitrogen and oxygen atoms in total. The molecule has 134 valence electrons. The predicted molar refractivity (Wildman–Crippen MR) is 95.2 cm³/mol. The number of rotatable bonds is 5. The van der Waals surface area contributed by atoms with Crippen molar-refractivity contribution in [2.24, 2.45) is 5.41 Å². The van der Waals surface area contributed by atoms with Crippen molar-refractivity contribution >= 4 is 34.1 Å². The van der Waals surface area contributed by atoms with E-state index in [4.69, 9.17) is 4.74 Å². The molecule has 0 atom stereocenters. The first-order valence-corrected chi connectivity index (χ1v) is 8.67. The van der Waals surface area contributed by atoms with Crippen LogP contribution in [0.15, 0.2) is 11.4 Å². The van der Waals surface area contributed by atoms with E-state index in [0.29, 0.717) is 10.6 Å². The summed E-state index contributed by atoms with van der Waals surface area (Å²) >= 11 is 1.26. The first-order chi connectivity index (χ1) is 10.9. The summed E-state index contributed by atoms with van der Waals surface area (Å²) < 4.78 is 5.31. The quantitative estimate of drug-likeness (QED) is 0.795. The molecule has 0 bridgehead atoms. The lowest BCUT2D eigenvalue weighted by atomic mass is 9.96. The van der Waals surface area contributed by atoms with Gasteiger partial charge in [0.15, 0.2) is 0 Å². The Hall–Kier alpha value is -1.89. The molecular formula is C17H26N2O4S. The zero-order valence-corrected chi connectivity index (χ0v) is 15.9. The van der Waals surface area contributed by atoms with E-state index in [1.165, 1.54) is 11.3 Å². The Morgan fingerprint density at radius 2 is 1.75 bits per heavy atom. The first kappa shape index (κ1) is 20.2. The second kappa shape index (κ2) is 7.79. The fourth-order valence-electron chi connectivity index (χ4n) is 1.64. The molecule has 0 spiro atoms. The van der Waals surface area contributed by atoms with E-state index >= 15 is 0 Å². The van der Waals surface area contributed by atoms with Gasteiger partial charge in [-0.2, -0.15) is 0 Å². The molecule has 0 fully saturated rings. The fourth-order valence-corrected chi connectivity index (χ4v) is 2.44. The minimum atomic E-state index is -0.600. The molecule has 0 aromatic carbocycles. The average molecular weight is 354 g/mol. The molecule has 0 unspecified atom stereocenters. The van der Waals surface area contributed by atoms with Gasteiger partial charge in [0.25, 0.3) is 0 Å². The summed E-state index contributed by atoms with van der Waals surface area (Å²) in [4.78, 5) is 35.8. The molecule has 2 amide bonds. The lowest BCUT2D eigenvalue weighted by Gasteiger charge is -2.19. The van der Waals surface area contributed by atoms with E-state index in [-0.39, 0.29) is 24.8 Å². The Morgan fingerprint density at radius 3 is 2.29 bits per heavy atom. The second-order valence-electron chi connectivity index (χ2n) is 7.47. The van der Waals surface area contributed by atoms with Gasteiger partial charge in [0.05, 0.1) is 5.56 Å². The van der Waals surface area contributed by atoms with Crippen LogP contribution in [-0.4, -0.2) is 29.9 Å². The van der Waals surface area contributed by atoms with Crippen LogP contribution in [0.1, 0.15) is 58.3 Å². The largest absolute Gasteiger partial charge is 0.456 e. The van der Waals surface area contributed by atoms with Gasteiger partial charge in [0, 0.05) is 18.4 Å². The molecule has 1 rings (SSSR count). The van der Waals surface area contributed by atoms with Crippen molar-refractivity contribution in [2.75, 3.05) is 11.9 Å². The van der Waals surface area contributed by atoms with Crippen molar-refractivity contribution in [1.82, 2.24) is 5.32 Å². The van der Waals surface area contributed by atoms with E-state index in [1.807, 2.05) is 0 Å². The summed E-state index contributed by atoms with van der Waals surface area (Å²) in [6.45, 7) is 11.0. The SMILES string of the molecule is CC(C)(C)OC(=O)c1ccsc1NC(=O)CCNC(=O)C(C)(C)C. The number of anilines is 1. The number of nitrogens with one attached hydrogen (secondary N) is 2. The van der Waals surface area contributed by atoms with Crippen LogP contribution in [0.4, 0.5) is 5.00 Å². The summed E-state index contributed by atoms with van der Waals surface area (Å²) in [5.74, 6) is -0.850. The third-order valence-electron chi connectivity index (χ3n) is 2.86. The molecule has 0 radical (unpaired) electrons. The van der Waals surface area contributed by atoms with Crippen LogP contribution in [0.5, 0.6) is 0 Å². The fraction of sp³-hybridized carbons (Fsp3) is 0.588. The van der Waals surface area contributed by atoms with Crippen LogP contribution < -0.4 is 10.6 Å². The van der Waals surface area contributed by atoms with Crippen LogP contribution in [0.2, 0.25) is 0 Å². The normalized spacial score (nSPS) is 11.8. The van der Waals surface area contributed by atoms with Gasteiger partial charge in [-0.25, -0.2) is 4.79 Å². The van der Waals surface area contributed by atoms with Crippen molar-refractivity contribution < 1.29 is 19.1 Å². The van der Waals surface area contributed by atoms with Crippen LogP contribution in [0, 0.1) is 5.41 Å². The number of carbonyl (C=O) groups excluding carboxylic acids is 3. The maximum absolute atomic E-state index is 12.1. The minimum absolute atomic E-state index is 0.110. The Labute approximate surface area is 147 Å². The standard InChI is InChI=1S/C17H26N2O4S/c1-16(2,3)15(22)18-9-7-12(20)19-13-11(8-10-24-13)14(21)23-17(4,5)6/h8,10H,7,9H2,1-6H3,(H,18,22)(H,19,20). The lowest BCUT2D eigenvalue weighted by molar-refractivity contribution is -0.128. The predicted octanol–water partition coefficient (Wildman–Crippen LogP) is 3.19. The van der Waals surface area contributed by atoms with E-state index < -0.39 is 17.0 Å². The van der Waals surface area contributed by atoms with Crippen LogP contribution in [0.3, 0.4) is 0 Å². The topological polar surface area (TPSA) is 84.5 Å². The zero-order chi connectivity index (χ0) is 18.5. The van der Waals surface area contributed by atoms with Crippen molar-refractivity contribution in [2.45, 2.75) is 53.6 Å². The molecule has 2 N–H and O–H groups in total. The maximum atomic E-state index is 12.1. The van der Waals surface area contributed by atoms with Gasteiger partial charge in [-0.05, 0) is 32.2 Å². The van der Waals surface area contributed by atoms with Gasteiger partial charge in [-0.15, -0.1) is 11.3 Å². The van der Waals surface area contributed by atoms with Gasteiger partial charge in [0.2, 0.25) is 11.8 Å². The summed E-state index contributed by atoms with van der Waals surface area (Å²) in [6.07, 6.45) is 0.132. The maximum Gasteiger partial charge on any atom is 0.341 e. The van der Waals surface area contributed by atoms with Crippen LogP contribution in [-0.2, 0) is 14.3 Å². The molecular weight excluding hydrogens is 328 g/mol. The van der Waals surface area contributed by atoms with E-state index in [2.05, 4.69) is 10.6 Å². The van der Waals surface area contributed by atoms with Crippen molar-refractivity contribution in [3.63, 3.8) is 0 Å². The van der Waals surface area contributed by atoms with Gasteiger partial charge >= 0.3 is 5.97 Å². The van der Waals surface area contributed by atoms with E-state index in [9.17, 15) is 14.4 Å². The number of hydrogen-bond donors (Lipinski definition) is 2. The van der Waals surface area contributed by atoms with Gasteiger partial charge in [-0.1, -0.05) is 20.8 Å². The second-order valence-corrected chi connectivity index (χ2v) is 8.39. The summed E-state index contributed by atoms with van der Waals surface area (Å²) in [6, 6.07) is 1.62. The third kappa shape index (κ3) is 6.70. The van der Waals surface area contributed by atoms with E-state index in [1.54, 1.807) is 53.0 Å². The highest BCUT2D eigenvalue weighted by atomic mass is 32.1. The Kier molecular flexibility index (Phi) is 6.54. The van der Waals surface area contributed by atoms with E-state index in [0.717, 1.165) is 0 Å². The molecule has 1 aromatic heterocycles. The van der Waals surface area contributed by atoms with Crippen LogP contribution >= 0.6 is 11.3 Å². The first-order valence-electron chi connectivity index (χ1n) is 7.79. The average Bonchev–Trinajstić information content (AvgIpc) is 2.83.